The van der Waals surface area contributed by atoms with Gasteiger partial charge in [0.15, 0.2) is 0 Å². The van der Waals surface area contributed by atoms with Crippen molar-refractivity contribution >= 4 is 0 Å². The van der Waals surface area contributed by atoms with Crippen LogP contribution in [0.4, 0.5) is 0 Å². The van der Waals surface area contributed by atoms with E-state index >= 15 is 0 Å². The van der Waals surface area contributed by atoms with Crippen molar-refractivity contribution in [2.24, 2.45) is 16.2 Å². The molecule has 1 rings (SSSR count). The van der Waals surface area contributed by atoms with E-state index in [0.29, 0.717) is 6.04 Å². The topological polar surface area (TPSA) is 54.0 Å². The Labute approximate surface area is 67.4 Å². The lowest BCUT2D eigenvalue weighted by molar-refractivity contribution is 0.298. The minimum atomic E-state index is 0.709. The van der Waals surface area contributed by atoms with Crippen LogP contribution in [-0.2, 0) is 0 Å². The Morgan fingerprint density at radius 1 is 1.64 bits per heavy atom. The molecule has 1 atom stereocenters. The van der Waals surface area contributed by atoms with Crippen molar-refractivity contribution < 1.29 is 0 Å². The largest absolute Gasteiger partial charge is 0.305 e. The van der Waals surface area contributed by atoms with Crippen LogP contribution in [0.15, 0.2) is 10.3 Å². The van der Waals surface area contributed by atoms with Crippen LogP contribution in [0, 0.1) is 0 Å². The molecule has 4 nitrogen and oxygen atoms in total. The number of hydrogen-bond donors (Lipinski definition) is 1. The van der Waals surface area contributed by atoms with Gasteiger partial charge < -0.3 is 10.7 Å². The summed E-state index contributed by atoms with van der Waals surface area (Å²) in [6, 6.07) is 0.709. The highest BCUT2D eigenvalue weighted by molar-refractivity contribution is 4.76. The van der Waals surface area contributed by atoms with Crippen molar-refractivity contribution in [2.45, 2.75) is 25.3 Å². The van der Waals surface area contributed by atoms with E-state index in [-0.39, 0.29) is 0 Å². The lowest BCUT2D eigenvalue weighted by Crippen LogP contribution is -2.25. The van der Waals surface area contributed by atoms with Crippen molar-refractivity contribution in [3.8, 4) is 0 Å². The molecule has 1 saturated heterocycles. The Morgan fingerprint density at radius 2 is 2.45 bits per heavy atom. The van der Waals surface area contributed by atoms with Crippen molar-refractivity contribution in [3.63, 3.8) is 0 Å². The van der Waals surface area contributed by atoms with Crippen molar-refractivity contribution in [1.82, 2.24) is 4.90 Å². The first kappa shape index (κ1) is 8.46. The van der Waals surface area contributed by atoms with Gasteiger partial charge in [0.25, 0.3) is 0 Å². The van der Waals surface area contributed by atoms with E-state index < -0.39 is 0 Å². The summed E-state index contributed by atoms with van der Waals surface area (Å²) < 4.78 is 0. The van der Waals surface area contributed by atoms with Crippen molar-refractivity contribution in [2.75, 3.05) is 20.1 Å². The number of likely N-dealkylation sites (tertiary alicyclic amines) is 1. The standard InChI is InChI=1S/C7H16N4/c1-11-6-2-3-7(11)4-5-9-10-8/h7H,2-6H2,1H3,(H2,8,9). The molecule has 2 N–H and O–H groups in total. The highest BCUT2D eigenvalue weighted by atomic mass is 15.3. The summed E-state index contributed by atoms with van der Waals surface area (Å²) in [5.74, 6) is 4.89. The Bertz CT molecular complexity index is 134. The van der Waals surface area contributed by atoms with E-state index in [1.807, 2.05) is 0 Å². The Balaban J connectivity index is 2.15. The summed E-state index contributed by atoms with van der Waals surface area (Å²) in [6.07, 6.45) is 3.72. The van der Waals surface area contributed by atoms with Gasteiger partial charge >= 0.3 is 0 Å². The van der Waals surface area contributed by atoms with Gasteiger partial charge in [-0.3, -0.25) is 0 Å². The van der Waals surface area contributed by atoms with Gasteiger partial charge in [0.1, 0.15) is 0 Å². The molecule has 0 amide bonds. The molecule has 11 heavy (non-hydrogen) atoms. The van der Waals surface area contributed by atoms with E-state index in [2.05, 4.69) is 22.3 Å². The Kier molecular flexibility index (Phi) is 3.29. The third kappa shape index (κ3) is 2.46. The van der Waals surface area contributed by atoms with Crippen LogP contribution in [0.1, 0.15) is 19.3 Å². The monoisotopic (exact) mass is 156 g/mol. The van der Waals surface area contributed by atoms with Crippen molar-refractivity contribution in [1.29, 1.82) is 0 Å². The van der Waals surface area contributed by atoms with Crippen LogP contribution in [0.3, 0.4) is 0 Å². The molecule has 0 aromatic carbocycles. The van der Waals surface area contributed by atoms with E-state index in [4.69, 9.17) is 5.84 Å². The second-order valence-corrected chi connectivity index (χ2v) is 3.05. The fourth-order valence-corrected chi connectivity index (χ4v) is 1.61. The summed E-state index contributed by atoms with van der Waals surface area (Å²) in [7, 11) is 2.16. The van der Waals surface area contributed by atoms with Gasteiger partial charge in [0, 0.05) is 6.04 Å². The summed E-state index contributed by atoms with van der Waals surface area (Å²) >= 11 is 0. The zero-order valence-electron chi connectivity index (χ0n) is 7.03. The molecule has 0 aliphatic carbocycles. The average Bonchev–Trinajstić information content (AvgIpc) is 2.37. The molecule has 0 bridgehead atoms. The van der Waals surface area contributed by atoms with Gasteiger partial charge in [-0.1, -0.05) is 5.22 Å². The summed E-state index contributed by atoms with van der Waals surface area (Å²) in [4.78, 5) is 2.38. The zero-order valence-corrected chi connectivity index (χ0v) is 7.03. The smallest absolute Gasteiger partial charge is 0.0635 e. The molecule has 0 spiro atoms. The number of rotatable bonds is 3. The van der Waals surface area contributed by atoms with Gasteiger partial charge in [0.2, 0.25) is 0 Å². The van der Waals surface area contributed by atoms with Crippen LogP contribution >= 0.6 is 0 Å². The normalized spacial score (nSPS) is 26.8. The maximum Gasteiger partial charge on any atom is 0.0635 e. The first-order chi connectivity index (χ1) is 5.34. The second kappa shape index (κ2) is 4.28. The quantitative estimate of drug-likeness (QED) is 0.373. The molecule has 1 heterocycles. The molecule has 0 saturated carbocycles. The molecule has 1 aliphatic heterocycles. The van der Waals surface area contributed by atoms with Crippen molar-refractivity contribution in [3.05, 3.63) is 0 Å². The molecule has 0 aromatic rings. The number of hydrogen-bond acceptors (Lipinski definition) is 3. The minimum Gasteiger partial charge on any atom is -0.305 e. The van der Waals surface area contributed by atoms with E-state index in [9.17, 15) is 0 Å². The minimum absolute atomic E-state index is 0.709. The average molecular weight is 156 g/mol. The van der Waals surface area contributed by atoms with Gasteiger partial charge in [0.05, 0.1) is 6.54 Å². The van der Waals surface area contributed by atoms with Crippen LogP contribution in [0.25, 0.3) is 0 Å². The number of nitrogens with zero attached hydrogens (tertiary/aromatic N) is 3. The van der Waals surface area contributed by atoms with Crippen LogP contribution < -0.4 is 5.84 Å². The molecule has 0 aromatic heterocycles. The maximum atomic E-state index is 4.89. The molecule has 1 unspecified atom stereocenters. The molecule has 0 radical (unpaired) electrons. The van der Waals surface area contributed by atoms with Crippen LogP contribution in [0.2, 0.25) is 0 Å². The number of nitrogens with two attached hydrogens (primary N) is 1. The Hall–Kier alpha value is -0.640. The first-order valence-corrected chi connectivity index (χ1v) is 4.11. The fraction of sp³-hybridized carbons (Fsp3) is 1.00. The fourth-order valence-electron chi connectivity index (χ4n) is 1.61. The molecule has 1 fully saturated rings. The molecular formula is C7H16N4. The predicted octanol–water partition coefficient (Wildman–Crippen LogP) is 0.797. The third-order valence-corrected chi connectivity index (χ3v) is 2.32. The van der Waals surface area contributed by atoms with Crippen LogP contribution in [0.5, 0.6) is 0 Å². The molecular weight excluding hydrogens is 140 g/mol. The van der Waals surface area contributed by atoms with Gasteiger partial charge in [-0.25, -0.2) is 0 Å². The summed E-state index contributed by atoms with van der Waals surface area (Å²) in [6.45, 7) is 2.00. The van der Waals surface area contributed by atoms with Crippen LogP contribution in [-0.4, -0.2) is 31.1 Å². The lowest BCUT2D eigenvalue weighted by Gasteiger charge is -2.17. The summed E-state index contributed by atoms with van der Waals surface area (Å²) in [5, 5.41) is 6.97. The van der Waals surface area contributed by atoms with E-state index in [1.165, 1.54) is 19.4 Å². The van der Waals surface area contributed by atoms with E-state index in [0.717, 1.165) is 13.0 Å². The highest BCUT2D eigenvalue weighted by Crippen LogP contribution is 2.17. The molecule has 1 aliphatic rings. The lowest BCUT2D eigenvalue weighted by atomic mass is 10.1. The summed E-state index contributed by atoms with van der Waals surface area (Å²) in [5.41, 5.74) is 0. The van der Waals surface area contributed by atoms with Gasteiger partial charge in [-0.2, -0.15) is 5.11 Å². The predicted molar refractivity (Wildman–Crippen MR) is 44.2 cm³/mol. The molecule has 64 valence electrons. The van der Waals surface area contributed by atoms with E-state index in [1.54, 1.807) is 0 Å². The maximum absolute atomic E-state index is 4.89. The Morgan fingerprint density at radius 3 is 3.00 bits per heavy atom. The first-order valence-electron chi connectivity index (χ1n) is 4.11. The SMILES string of the molecule is CN1CCCC1CCN=NN. The second-order valence-electron chi connectivity index (χ2n) is 3.05. The third-order valence-electron chi connectivity index (χ3n) is 2.32. The highest BCUT2D eigenvalue weighted by Gasteiger charge is 2.19. The zero-order chi connectivity index (χ0) is 8.10. The molecule has 4 heteroatoms. The van der Waals surface area contributed by atoms with Gasteiger partial charge in [-0.05, 0) is 32.9 Å². The van der Waals surface area contributed by atoms with Gasteiger partial charge in [-0.15, -0.1) is 0 Å².